The molecule has 0 unspecified atom stereocenters. The Labute approximate surface area is 148 Å². The minimum absolute atomic E-state index is 0.0604. The van der Waals surface area contributed by atoms with Crippen molar-refractivity contribution in [3.05, 3.63) is 93.7 Å². The van der Waals surface area contributed by atoms with Crippen LogP contribution in [0.15, 0.2) is 77.4 Å². The van der Waals surface area contributed by atoms with Crippen molar-refractivity contribution in [2.24, 2.45) is 4.99 Å². The van der Waals surface area contributed by atoms with E-state index >= 15 is 0 Å². The molecule has 0 atom stereocenters. The van der Waals surface area contributed by atoms with Gasteiger partial charge in [0.1, 0.15) is 0 Å². The largest absolute Gasteiger partial charge is 0.402 e. The Morgan fingerprint density at radius 1 is 1.00 bits per heavy atom. The number of hydrogen-bond acceptors (Lipinski definition) is 5. The van der Waals surface area contributed by atoms with E-state index in [-0.39, 0.29) is 17.3 Å². The van der Waals surface area contributed by atoms with Gasteiger partial charge in [0.15, 0.2) is 5.70 Å². The van der Waals surface area contributed by atoms with Gasteiger partial charge < -0.3 is 4.74 Å². The molecule has 4 rings (SSSR count). The molecule has 0 aliphatic carbocycles. The van der Waals surface area contributed by atoms with E-state index in [1.807, 2.05) is 42.5 Å². The van der Waals surface area contributed by atoms with Crippen LogP contribution in [0.2, 0.25) is 0 Å². The zero-order chi connectivity index (χ0) is 18.1. The van der Waals surface area contributed by atoms with Crippen molar-refractivity contribution < 1.29 is 14.5 Å². The standard InChI is InChI=1S/C20H12N2O4/c23-20-18(12-14-7-3-6-13-5-1-2-10-17(13)14)21-19(26-20)15-8-4-9-16(11-15)22(24)25/h1-12H/b18-12+. The van der Waals surface area contributed by atoms with E-state index in [9.17, 15) is 14.9 Å². The fraction of sp³-hybridized carbons (Fsp3) is 0. The first kappa shape index (κ1) is 15.7. The molecule has 6 nitrogen and oxygen atoms in total. The number of carbonyl (C=O) groups excluding carboxylic acids is 1. The molecule has 1 aliphatic heterocycles. The molecule has 26 heavy (non-hydrogen) atoms. The maximum absolute atomic E-state index is 12.2. The lowest BCUT2D eigenvalue weighted by Gasteiger charge is -2.01. The molecule has 0 fully saturated rings. The van der Waals surface area contributed by atoms with Crippen LogP contribution in [-0.4, -0.2) is 16.8 Å². The summed E-state index contributed by atoms with van der Waals surface area (Å²) in [6, 6.07) is 19.4. The van der Waals surface area contributed by atoms with Gasteiger partial charge in [0.05, 0.1) is 4.92 Å². The number of esters is 1. The van der Waals surface area contributed by atoms with Gasteiger partial charge in [0.25, 0.3) is 5.69 Å². The molecule has 126 valence electrons. The molecule has 0 radical (unpaired) electrons. The number of fused-ring (bicyclic) bond motifs is 1. The molecule has 3 aromatic carbocycles. The van der Waals surface area contributed by atoms with Crippen LogP contribution in [-0.2, 0) is 9.53 Å². The van der Waals surface area contributed by atoms with Crippen LogP contribution >= 0.6 is 0 Å². The lowest BCUT2D eigenvalue weighted by atomic mass is 10.0. The zero-order valence-corrected chi connectivity index (χ0v) is 13.5. The second-order valence-electron chi connectivity index (χ2n) is 5.71. The summed E-state index contributed by atoms with van der Waals surface area (Å²) in [6.07, 6.45) is 1.66. The van der Waals surface area contributed by atoms with E-state index in [0.29, 0.717) is 5.56 Å². The molecule has 0 N–H and O–H groups in total. The zero-order valence-electron chi connectivity index (χ0n) is 13.5. The monoisotopic (exact) mass is 344 g/mol. The molecule has 0 bridgehead atoms. The fourth-order valence-electron chi connectivity index (χ4n) is 2.81. The number of cyclic esters (lactones) is 1. The molecule has 0 amide bonds. The van der Waals surface area contributed by atoms with Crippen LogP contribution in [0.3, 0.4) is 0 Å². The highest BCUT2D eigenvalue weighted by Crippen LogP contribution is 2.25. The van der Waals surface area contributed by atoms with Gasteiger partial charge in [-0.3, -0.25) is 10.1 Å². The second kappa shape index (κ2) is 6.25. The van der Waals surface area contributed by atoms with Crippen molar-refractivity contribution in [2.45, 2.75) is 0 Å². The lowest BCUT2D eigenvalue weighted by molar-refractivity contribution is -0.384. The number of hydrogen-bond donors (Lipinski definition) is 0. The maximum atomic E-state index is 12.2. The Bertz CT molecular complexity index is 1110. The third-order valence-corrected chi connectivity index (χ3v) is 4.04. The first-order chi connectivity index (χ1) is 12.6. The van der Waals surface area contributed by atoms with Gasteiger partial charge in [-0.25, -0.2) is 9.79 Å². The van der Waals surface area contributed by atoms with Crippen molar-refractivity contribution in [1.82, 2.24) is 0 Å². The van der Waals surface area contributed by atoms with Gasteiger partial charge >= 0.3 is 5.97 Å². The molecule has 1 aliphatic rings. The van der Waals surface area contributed by atoms with Gasteiger partial charge in [-0.05, 0) is 28.5 Å². The number of nitrogens with zero attached hydrogens (tertiary/aromatic N) is 2. The Morgan fingerprint density at radius 2 is 1.77 bits per heavy atom. The summed E-state index contributed by atoms with van der Waals surface area (Å²) in [6.45, 7) is 0. The highest BCUT2D eigenvalue weighted by molar-refractivity contribution is 6.13. The van der Waals surface area contributed by atoms with Crippen molar-refractivity contribution in [2.75, 3.05) is 0 Å². The summed E-state index contributed by atoms with van der Waals surface area (Å²) in [5.41, 5.74) is 1.29. The minimum atomic E-state index is -0.584. The van der Waals surface area contributed by atoms with Crippen molar-refractivity contribution >= 4 is 34.4 Å². The van der Waals surface area contributed by atoms with Gasteiger partial charge in [-0.1, -0.05) is 48.5 Å². The summed E-state index contributed by atoms with van der Waals surface area (Å²) >= 11 is 0. The Kier molecular flexibility index (Phi) is 3.78. The fourth-order valence-corrected chi connectivity index (χ4v) is 2.81. The van der Waals surface area contributed by atoms with Gasteiger partial charge in [0, 0.05) is 17.7 Å². The van der Waals surface area contributed by atoms with E-state index in [1.165, 1.54) is 18.2 Å². The van der Waals surface area contributed by atoms with Gasteiger partial charge in [-0.2, -0.15) is 0 Å². The molecule has 0 saturated heterocycles. The molecule has 0 spiro atoms. The van der Waals surface area contributed by atoms with Crippen LogP contribution in [0.1, 0.15) is 11.1 Å². The van der Waals surface area contributed by atoms with Crippen LogP contribution < -0.4 is 0 Å². The molecular weight excluding hydrogens is 332 g/mol. The average Bonchev–Trinajstić information content (AvgIpc) is 3.03. The van der Waals surface area contributed by atoms with Crippen molar-refractivity contribution in [3.8, 4) is 0 Å². The smallest absolute Gasteiger partial charge is 0.363 e. The Morgan fingerprint density at radius 3 is 2.62 bits per heavy atom. The predicted octanol–water partition coefficient (Wildman–Crippen LogP) is 4.09. The number of nitro groups is 1. The van der Waals surface area contributed by atoms with E-state index in [2.05, 4.69) is 4.99 Å². The SMILES string of the molecule is O=C1OC(c2cccc([N+](=O)[O-])c2)=N/C1=C/c1cccc2ccccc12. The predicted molar refractivity (Wildman–Crippen MR) is 97.7 cm³/mol. The number of non-ortho nitro benzene ring substituents is 1. The Balaban J connectivity index is 1.76. The minimum Gasteiger partial charge on any atom is -0.402 e. The molecule has 6 heteroatoms. The second-order valence-corrected chi connectivity index (χ2v) is 5.71. The van der Waals surface area contributed by atoms with E-state index in [4.69, 9.17) is 4.74 Å². The first-order valence-corrected chi connectivity index (χ1v) is 7.87. The quantitative estimate of drug-likeness (QED) is 0.310. The topological polar surface area (TPSA) is 81.8 Å². The maximum Gasteiger partial charge on any atom is 0.363 e. The van der Waals surface area contributed by atoms with E-state index in [0.717, 1.165) is 16.3 Å². The first-order valence-electron chi connectivity index (χ1n) is 7.87. The lowest BCUT2D eigenvalue weighted by Crippen LogP contribution is -2.05. The van der Waals surface area contributed by atoms with Crippen LogP contribution in [0.4, 0.5) is 5.69 Å². The molecule has 0 aromatic heterocycles. The highest BCUT2D eigenvalue weighted by atomic mass is 16.6. The summed E-state index contributed by atoms with van der Waals surface area (Å²) < 4.78 is 5.20. The van der Waals surface area contributed by atoms with Crippen molar-refractivity contribution in [3.63, 3.8) is 0 Å². The van der Waals surface area contributed by atoms with E-state index in [1.54, 1.807) is 12.1 Å². The number of benzene rings is 3. The normalized spacial score (nSPS) is 15.2. The van der Waals surface area contributed by atoms with Gasteiger partial charge in [-0.15, -0.1) is 0 Å². The third-order valence-electron chi connectivity index (χ3n) is 4.04. The molecular formula is C20H12N2O4. The number of rotatable bonds is 3. The molecule has 0 saturated carbocycles. The third kappa shape index (κ3) is 2.84. The number of aliphatic imine (C=N–C) groups is 1. The summed E-state index contributed by atoms with van der Waals surface area (Å²) in [4.78, 5) is 26.8. The summed E-state index contributed by atoms with van der Waals surface area (Å²) in [5.74, 6) is -0.523. The van der Waals surface area contributed by atoms with Crippen molar-refractivity contribution in [1.29, 1.82) is 0 Å². The van der Waals surface area contributed by atoms with E-state index < -0.39 is 10.9 Å². The van der Waals surface area contributed by atoms with Crippen LogP contribution in [0.25, 0.3) is 16.8 Å². The van der Waals surface area contributed by atoms with Crippen LogP contribution in [0, 0.1) is 10.1 Å². The molecule has 3 aromatic rings. The summed E-state index contributed by atoms with van der Waals surface area (Å²) in [7, 11) is 0. The summed E-state index contributed by atoms with van der Waals surface area (Å²) in [5, 5.41) is 13.0. The highest BCUT2D eigenvalue weighted by Gasteiger charge is 2.25. The number of nitro benzene ring substituents is 1. The van der Waals surface area contributed by atoms with Crippen LogP contribution in [0.5, 0.6) is 0 Å². The number of carbonyl (C=O) groups is 1. The molecule has 1 heterocycles. The number of ether oxygens (including phenoxy) is 1. The average molecular weight is 344 g/mol. The van der Waals surface area contributed by atoms with Gasteiger partial charge in [0.2, 0.25) is 5.90 Å². The Hall–Kier alpha value is -3.80.